The molecule has 10 rings (SSSR count). The maximum atomic E-state index is 5.34. The Labute approximate surface area is 325 Å². The van der Waals surface area contributed by atoms with Crippen LogP contribution in [0.3, 0.4) is 0 Å². The smallest absolute Gasteiger partial charge is 0.238 e. The Hall–Kier alpha value is -7.63. The molecule has 0 amide bonds. The summed E-state index contributed by atoms with van der Waals surface area (Å²) < 4.78 is 2.19. The lowest BCUT2D eigenvalue weighted by molar-refractivity contribution is 0.954. The van der Waals surface area contributed by atoms with E-state index in [2.05, 4.69) is 185 Å². The number of anilines is 3. The van der Waals surface area contributed by atoms with E-state index in [1.165, 1.54) is 0 Å². The van der Waals surface area contributed by atoms with E-state index in [1.54, 1.807) is 0 Å². The van der Waals surface area contributed by atoms with Crippen LogP contribution < -0.4 is 4.90 Å². The van der Waals surface area contributed by atoms with Crippen LogP contribution in [0.25, 0.3) is 72.8 Å². The van der Waals surface area contributed by atoms with Crippen molar-refractivity contribution < 1.29 is 0 Å². The molecule has 5 nitrogen and oxygen atoms in total. The van der Waals surface area contributed by atoms with Gasteiger partial charge in [-0.3, -0.25) is 4.57 Å². The highest BCUT2D eigenvalue weighted by Crippen LogP contribution is 2.39. The third-order valence-electron chi connectivity index (χ3n) is 10.2. The van der Waals surface area contributed by atoms with Crippen LogP contribution in [0.2, 0.25) is 0 Å². The number of nitrogens with zero attached hydrogens (tertiary/aromatic N) is 5. The standard InChI is InChI=1S/C51H35N5/c1-5-18-36(19-6-1)38-32-33-45-44-29-15-16-31-47(44)56(48(45)35-38)51-53-49(37-20-7-2-8-21-37)52-50(54-51)46-30-14-13-28-43(46)39-22-17-27-42(34-39)55(40-23-9-3-10-24-40)41-25-11-4-12-26-41/h1-35H. The first-order valence-corrected chi connectivity index (χ1v) is 18.8. The summed E-state index contributed by atoms with van der Waals surface area (Å²) in [4.78, 5) is 18.0. The number of fused-ring (bicyclic) bond motifs is 3. The van der Waals surface area contributed by atoms with E-state index in [9.17, 15) is 0 Å². The highest BCUT2D eigenvalue weighted by Gasteiger charge is 2.20. The minimum Gasteiger partial charge on any atom is -0.310 e. The Bertz CT molecular complexity index is 2920. The summed E-state index contributed by atoms with van der Waals surface area (Å²) in [5.74, 6) is 1.77. The monoisotopic (exact) mass is 717 g/mol. The lowest BCUT2D eigenvalue weighted by atomic mass is 9.98. The topological polar surface area (TPSA) is 46.8 Å². The molecule has 264 valence electrons. The highest BCUT2D eigenvalue weighted by atomic mass is 15.2. The second kappa shape index (κ2) is 14.3. The molecule has 0 N–H and O–H groups in total. The van der Waals surface area contributed by atoms with E-state index in [-0.39, 0.29) is 0 Å². The van der Waals surface area contributed by atoms with Crippen LogP contribution in [0.1, 0.15) is 0 Å². The van der Waals surface area contributed by atoms with Crippen LogP contribution in [-0.2, 0) is 0 Å². The van der Waals surface area contributed by atoms with Crippen LogP contribution in [0, 0.1) is 0 Å². The molecular formula is C51H35N5. The van der Waals surface area contributed by atoms with Crippen molar-refractivity contribution >= 4 is 38.9 Å². The molecule has 0 radical (unpaired) electrons. The third kappa shape index (κ3) is 6.07. The molecule has 2 heterocycles. The summed E-state index contributed by atoms with van der Waals surface area (Å²) in [6, 6.07) is 73.9. The summed E-state index contributed by atoms with van der Waals surface area (Å²) in [5.41, 5.74) is 11.5. The van der Waals surface area contributed by atoms with Gasteiger partial charge in [-0.15, -0.1) is 0 Å². The molecular weight excluding hydrogens is 683 g/mol. The first-order valence-electron chi connectivity index (χ1n) is 18.8. The number of benzene rings is 8. The molecule has 2 aromatic heterocycles. The van der Waals surface area contributed by atoms with Crippen molar-refractivity contribution in [2.75, 3.05) is 4.90 Å². The zero-order valence-electron chi connectivity index (χ0n) is 30.4. The van der Waals surface area contributed by atoms with Gasteiger partial charge in [0.1, 0.15) is 0 Å². The van der Waals surface area contributed by atoms with Gasteiger partial charge in [0.2, 0.25) is 5.95 Å². The second-order valence-corrected chi connectivity index (χ2v) is 13.7. The van der Waals surface area contributed by atoms with E-state index < -0.39 is 0 Å². The lowest BCUT2D eigenvalue weighted by Crippen LogP contribution is -2.09. The van der Waals surface area contributed by atoms with E-state index in [4.69, 9.17) is 15.0 Å². The average Bonchev–Trinajstić information content (AvgIpc) is 3.61. The SMILES string of the molecule is c1ccc(-c2ccc3c4ccccc4n(-c4nc(-c5ccccc5)nc(-c5ccccc5-c5cccc(N(c6ccccc6)c6ccccc6)c5)n4)c3c2)cc1. The molecule has 0 aliphatic heterocycles. The Morgan fingerprint density at radius 1 is 0.321 bits per heavy atom. The Balaban J connectivity index is 1.18. The fraction of sp³-hybridized carbons (Fsp3) is 0. The van der Waals surface area contributed by atoms with Crippen LogP contribution in [0.4, 0.5) is 17.1 Å². The largest absolute Gasteiger partial charge is 0.310 e. The predicted octanol–water partition coefficient (Wildman–Crippen LogP) is 13.1. The van der Waals surface area contributed by atoms with Gasteiger partial charge in [-0.2, -0.15) is 9.97 Å². The molecule has 0 bridgehead atoms. The molecule has 5 heteroatoms. The first kappa shape index (κ1) is 33.0. The van der Waals surface area contributed by atoms with Gasteiger partial charge in [0.15, 0.2) is 11.6 Å². The molecule has 0 atom stereocenters. The fourth-order valence-electron chi connectivity index (χ4n) is 7.64. The highest BCUT2D eigenvalue weighted by molar-refractivity contribution is 6.10. The molecule has 0 fully saturated rings. The molecule has 0 saturated carbocycles. The number of hydrogen-bond donors (Lipinski definition) is 0. The van der Waals surface area contributed by atoms with Gasteiger partial charge in [0.25, 0.3) is 0 Å². The van der Waals surface area contributed by atoms with Crippen LogP contribution in [0.15, 0.2) is 212 Å². The minimum atomic E-state index is 0.563. The van der Waals surface area contributed by atoms with E-state index in [0.29, 0.717) is 17.6 Å². The molecule has 56 heavy (non-hydrogen) atoms. The zero-order valence-corrected chi connectivity index (χ0v) is 30.4. The Morgan fingerprint density at radius 3 is 1.57 bits per heavy atom. The summed E-state index contributed by atoms with van der Waals surface area (Å²) in [7, 11) is 0. The number of hydrogen-bond acceptors (Lipinski definition) is 4. The second-order valence-electron chi connectivity index (χ2n) is 13.7. The van der Waals surface area contributed by atoms with Crippen molar-refractivity contribution in [3.8, 4) is 51.0 Å². The quantitative estimate of drug-likeness (QED) is 0.157. The van der Waals surface area contributed by atoms with Crippen LogP contribution in [0.5, 0.6) is 0 Å². The molecule has 8 aromatic carbocycles. The first-order chi connectivity index (χ1) is 27.8. The molecule has 0 saturated heterocycles. The van der Waals surface area contributed by atoms with Crippen molar-refractivity contribution in [3.05, 3.63) is 212 Å². The molecule has 0 spiro atoms. The Morgan fingerprint density at radius 2 is 0.857 bits per heavy atom. The van der Waals surface area contributed by atoms with Gasteiger partial charge in [0, 0.05) is 39.0 Å². The number of para-hydroxylation sites is 3. The van der Waals surface area contributed by atoms with Gasteiger partial charge >= 0.3 is 0 Å². The summed E-state index contributed by atoms with van der Waals surface area (Å²) in [5, 5.41) is 2.28. The maximum absolute atomic E-state index is 5.34. The number of aromatic nitrogens is 4. The predicted molar refractivity (Wildman–Crippen MR) is 231 cm³/mol. The van der Waals surface area contributed by atoms with Gasteiger partial charge < -0.3 is 4.90 Å². The third-order valence-corrected chi connectivity index (χ3v) is 10.2. The van der Waals surface area contributed by atoms with Crippen molar-refractivity contribution in [2.45, 2.75) is 0 Å². The van der Waals surface area contributed by atoms with E-state index in [1.807, 2.05) is 36.4 Å². The van der Waals surface area contributed by atoms with Crippen molar-refractivity contribution in [3.63, 3.8) is 0 Å². The molecule has 0 unspecified atom stereocenters. The molecule has 0 aliphatic rings. The Kier molecular flexibility index (Phi) is 8.43. The van der Waals surface area contributed by atoms with E-state index >= 15 is 0 Å². The van der Waals surface area contributed by atoms with E-state index in [0.717, 1.165) is 72.2 Å². The van der Waals surface area contributed by atoms with Crippen molar-refractivity contribution in [1.82, 2.24) is 19.5 Å². The van der Waals surface area contributed by atoms with Crippen LogP contribution in [-0.4, -0.2) is 19.5 Å². The summed E-state index contributed by atoms with van der Waals surface area (Å²) in [6.07, 6.45) is 0. The fourth-order valence-corrected chi connectivity index (χ4v) is 7.64. The van der Waals surface area contributed by atoms with Gasteiger partial charge in [-0.05, 0) is 70.8 Å². The molecule has 0 aliphatic carbocycles. The van der Waals surface area contributed by atoms with Crippen molar-refractivity contribution in [2.24, 2.45) is 0 Å². The van der Waals surface area contributed by atoms with Gasteiger partial charge in [-0.1, -0.05) is 164 Å². The molecule has 10 aromatic rings. The lowest BCUT2D eigenvalue weighted by Gasteiger charge is -2.26. The summed E-state index contributed by atoms with van der Waals surface area (Å²) >= 11 is 0. The van der Waals surface area contributed by atoms with Crippen molar-refractivity contribution in [1.29, 1.82) is 0 Å². The minimum absolute atomic E-state index is 0.563. The average molecular weight is 718 g/mol. The zero-order chi connectivity index (χ0) is 37.3. The summed E-state index contributed by atoms with van der Waals surface area (Å²) in [6.45, 7) is 0. The normalized spacial score (nSPS) is 11.2. The number of rotatable bonds is 8. The van der Waals surface area contributed by atoms with Gasteiger partial charge in [0.05, 0.1) is 11.0 Å². The maximum Gasteiger partial charge on any atom is 0.238 e. The van der Waals surface area contributed by atoms with Crippen LogP contribution >= 0.6 is 0 Å². The van der Waals surface area contributed by atoms with Gasteiger partial charge in [-0.25, -0.2) is 4.98 Å².